The maximum Gasteiger partial charge on any atom is 0.272 e. The van der Waals surface area contributed by atoms with Crippen molar-refractivity contribution in [3.05, 3.63) is 77.5 Å². The second-order valence-corrected chi connectivity index (χ2v) is 6.01. The number of aromatic nitrogens is 2. The van der Waals surface area contributed by atoms with Gasteiger partial charge in [-0.25, -0.2) is 0 Å². The second-order valence-electron chi connectivity index (χ2n) is 6.01. The Morgan fingerprint density at radius 1 is 0.889 bits per heavy atom. The van der Waals surface area contributed by atoms with E-state index in [4.69, 9.17) is 9.47 Å². The zero-order valence-electron chi connectivity index (χ0n) is 14.5. The van der Waals surface area contributed by atoms with E-state index < -0.39 is 0 Å². The minimum absolute atomic E-state index is 0.228. The summed E-state index contributed by atoms with van der Waals surface area (Å²) in [7, 11) is 0. The zero-order chi connectivity index (χ0) is 18.5. The van der Waals surface area contributed by atoms with E-state index in [1.54, 1.807) is 12.1 Å². The molecule has 2 heterocycles. The highest BCUT2D eigenvalue weighted by atomic mass is 16.7. The van der Waals surface area contributed by atoms with E-state index in [0.29, 0.717) is 24.7 Å². The van der Waals surface area contributed by atoms with E-state index in [1.165, 1.54) is 0 Å². The Bertz CT molecular complexity index is 930. The lowest BCUT2D eigenvalue weighted by Crippen LogP contribution is -2.24. The van der Waals surface area contributed by atoms with Crippen LogP contribution in [0.1, 0.15) is 21.6 Å². The smallest absolute Gasteiger partial charge is 0.272 e. The first-order valence-corrected chi connectivity index (χ1v) is 8.56. The number of nitrogens with zero attached hydrogens (tertiary/aromatic N) is 2. The number of amides is 1. The van der Waals surface area contributed by atoms with Crippen molar-refractivity contribution in [1.82, 2.24) is 15.5 Å². The molecular formula is C20H18N4O3. The SMILES string of the molecule is O=C(NCc1ccc2c(c1)OCO2)c1ccc(NCc2ccccc2)nn1. The summed E-state index contributed by atoms with van der Waals surface area (Å²) in [5.74, 6) is 1.74. The molecule has 0 bridgehead atoms. The summed E-state index contributed by atoms with van der Waals surface area (Å²) in [6.45, 7) is 1.24. The van der Waals surface area contributed by atoms with Gasteiger partial charge in [0.05, 0.1) is 0 Å². The zero-order valence-corrected chi connectivity index (χ0v) is 14.5. The fraction of sp³-hybridized carbons (Fsp3) is 0.150. The summed E-state index contributed by atoms with van der Waals surface area (Å²) in [6.07, 6.45) is 0. The highest BCUT2D eigenvalue weighted by Crippen LogP contribution is 2.32. The summed E-state index contributed by atoms with van der Waals surface area (Å²) in [5, 5.41) is 14.1. The van der Waals surface area contributed by atoms with Crippen molar-refractivity contribution < 1.29 is 14.3 Å². The molecule has 0 unspecified atom stereocenters. The molecule has 0 spiro atoms. The lowest BCUT2D eigenvalue weighted by atomic mass is 10.2. The van der Waals surface area contributed by atoms with Crippen LogP contribution in [-0.2, 0) is 13.1 Å². The van der Waals surface area contributed by atoms with Crippen LogP contribution in [0, 0.1) is 0 Å². The first-order chi connectivity index (χ1) is 13.3. The number of fused-ring (bicyclic) bond motifs is 1. The maximum absolute atomic E-state index is 12.3. The highest BCUT2D eigenvalue weighted by molar-refractivity contribution is 5.92. The van der Waals surface area contributed by atoms with Crippen molar-refractivity contribution in [2.24, 2.45) is 0 Å². The molecule has 0 radical (unpaired) electrons. The standard InChI is InChI=1S/C20H18N4O3/c25-20(22-12-15-6-8-17-18(10-15)27-13-26-17)16-7-9-19(24-23-16)21-11-14-4-2-1-3-5-14/h1-10H,11-13H2,(H,21,24)(H,22,25). The molecule has 0 atom stereocenters. The van der Waals surface area contributed by atoms with Crippen molar-refractivity contribution >= 4 is 11.7 Å². The van der Waals surface area contributed by atoms with Crippen molar-refractivity contribution in [1.29, 1.82) is 0 Å². The first-order valence-electron chi connectivity index (χ1n) is 8.56. The van der Waals surface area contributed by atoms with E-state index >= 15 is 0 Å². The predicted octanol–water partition coefficient (Wildman–Crippen LogP) is 2.75. The first kappa shape index (κ1) is 16.8. The van der Waals surface area contributed by atoms with Gasteiger partial charge in [0.25, 0.3) is 5.91 Å². The van der Waals surface area contributed by atoms with Gasteiger partial charge in [-0.2, -0.15) is 0 Å². The van der Waals surface area contributed by atoms with Gasteiger partial charge in [0, 0.05) is 13.1 Å². The third-order valence-electron chi connectivity index (χ3n) is 4.10. The highest BCUT2D eigenvalue weighted by Gasteiger charge is 2.14. The molecule has 27 heavy (non-hydrogen) atoms. The normalized spacial score (nSPS) is 11.9. The van der Waals surface area contributed by atoms with Gasteiger partial charge >= 0.3 is 0 Å². The Morgan fingerprint density at radius 2 is 1.74 bits per heavy atom. The van der Waals surface area contributed by atoms with E-state index in [9.17, 15) is 4.79 Å². The average Bonchev–Trinajstić information content (AvgIpc) is 3.19. The predicted molar refractivity (Wildman–Crippen MR) is 99.5 cm³/mol. The Labute approximate surface area is 156 Å². The fourth-order valence-corrected chi connectivity index (χ4v) is 2.66. The van der Waals surface area contributed by atoms with E-state index in [1.807, 2.05) is 48.5 Å². The molecule has 7 nitrogen and oxygen atoms in total. The number of carbonyl (C=O) groups is 1. The van der Waals surface area contributed by atoms with Crippen LogP contribution in [-0.4, -0.2) is 22.9 Å². The van der Waals surface area contributed by atoms with Crippen LogP contribution in [0.3, 0.4) is 0 Å². The number of ether oxygens (including phenoxy) is 2. The van der Waals surface area contributed by atoms with Gasteiger partial charge in [-0.05, 0) is 35.4 Å². The maximum atomic E-state index is 12.3. The molecule has 0 fully saturated rings. The summed E-state index contributed by atoms with van der Waals surface area (Å²) in [6, 6.07) is 18.9. The molecule has 1 aromatic heterocycles. The molecule has 1 amide bonds. The van der Waals surface area contributed by atoms with Crippen LogP contribution in [0.2, 0.25) is 0 Å². The fourth-order valence-electron chi connectivity index (χ4n) is 2.66. The summed E-state index contributed by atoms with van der Waals surface area (Å²) >= 11 is 0. The molecule has 2 N–H and O–H groups in total. The second kappa shape index (κ2) is 7.74. The molecule has 7 heteroatoms. The molecule has 136 valence electrons. The molecule has 1 aliphatic rings. The van der Waals surface area contributed by atoms with Crippen LogP contribution in [0.25, 0.3) is 0 Å². The Hall–Kier alpha value is -3.61. The minimum atomic E-state index is -0.283. The number of rotatable bonds is 6. The quantitative estimate of drug-likeness (QED) is 0.701. The number of hydrogen-bond acceptors (Lipinski definition) is 6. The molecular weight excluding hydrogens is 344 g/mol. The van der Waals surface area contributed by atoms with Crippen LogP contribution < -0.4 is 20.1 Å². The van der Waals surface area contributed by atoms with Crippen molar-refractivity contribution in [2.45, 2.75) is 13.1 Å². The summed E-state index contributed by atoms with van der Waals surface area (Å²) < 4.78 is 10.6. The summed E-state index contributed by atoms with van der Waals surface area (Å²) in [5.41, 5.74) is 2.33. The van der Waals surface area contributed by atoms with Gasteiger partial charge < -0.3 is 20.1 Å². The van der Waals surface area contributed by atoms with Crippen LogP contribution >= 0.6 is 0 Å². The van der Waals surface area contributed by atoms with Gasteiger partial charge in [0.2, 0.25) is 6.79 Å². The van der Waals surface area contributed by atoms with Gasteiger partial charge in [0.15, 0.2) is 17.2 Å². The molecule has 1 aliphatic heterocycles. The van der Waals surface area contributed by atoms with Crippen molar-refractivity contribution in [3.63, 3.8) is 0 Å². The van der Waals surface area contributed by atoms with Gasteiger partial charge in [-0.15, -0.1) is 10.2 Å². The van der Waals surface area contributed by atoms with Crippen LogP contribution in [0.4, 0.5) is 5.82 Å². The molecule has 3 aromatic rings. The van der Waals surface area contributed by atoms with Crippen molar-refractivity contribution in [2.75, 3.05) is 12.1 Å². The molecule has 0 saturated heterocycles. The van der Waals surface area contributed by atoms with Crippen molar-refractivity contribution in [3.8, 4) is 11.5 Å². The number of nitrogens with one attached hydrogen (secondary N) is 2. The lowest BCUT2D eigenvalue weighted by Gasteiger charge is -2.07. The summed E-state index contributed by atoms with van der Waals surface area (Å²) in [4.78, 5) is 12.3. The molecule has 0 saturated carbocycles. The monoisotopic (exact) mass is 362 g/mol. The Morgan fingerprint density at radius 3 is 2.56 bits per heavy atom. The molecule has 2 aromatic carbocycles. The Balaban J connectivity index is 1.31. The Kier molecular flexibility index (Phi) is 4.82. The van der Waals surface area contributed by atoms with Gasteiger partial charge in [-0.1, -0.05) is 36.4 Å². The number of carbonyl (C=O) groups excluding carboxylic acids is 1. The largest absolute Gasteiger partial charge is 0.454 e. The number of benzene rings is 2. The average molecular weight is 362 g/mol. The minimum Gasteiger partial charge on any atom is -0.454 e. The van der Waals surface area contributed by atoms with Crippen LogP contribution in [0.15, 0.2) is 60.7 Å². The van der Waals surface area contributed by atoms with Gasteiger partial charge in [-0.3, -0.25) is 4.79 Å². The number of hydrogen-bond donors (Lipinski definition) is 2. The third kappa shape index (κ3) is 4.14. The number of anilines is 1. The van der Waals surface area contributed by atoms with Crippen LogP contribution in [0.5, 0.6) is 11.5 Å². The van der Waals surface area contributed by atoms with E-state index in [2.05, 4.69) is 20.8 Å². The molecule has 4 rings (SSSR count). The van der Waals surface area contributed by atoms with E-state index in [-0.39, 0.29) is 18.4 Å². The van der Waals surface area contributed by atoms with Gasteiger partial charge in [0.1, 0.15) is 5.82 Å². The lowest BCUT2D eigenvalue weighted by molar-refractivity contribution is 0.0945. The molecule has 0 aliphatic carbocycles. The third-order valence-corrected chi connectivity index (χ3v) is 4.10. The topological polar surface area (TPSA) is 85.4 Å². The van der Waals surface area contributed by atoms with E-state index in [0.717, 1.165) is 16.9 Å².